The number of furan rings is 1. The van der Waals surface area contributed by atoms with E-state index in [1.165, 1.54) is 17.7 Å². The molecule has 0 aromatic carbocycles. The Morgan fingerprint density at radius 1 is 1.48 bits per heavy atom. The van der Waals surface area contributed by atoms with Crippen LogP contribution in [0.2, 0.25) is 0 Å². The Labute approximate surface area is 124 Å². The number of hydrogen-bond donors (Lipinski definition) is 1. The first-order valence-electron chi connectivity index (χ1n) is 6.43. The van der Waals surface area contributed by atoms with Crippen LogP contribution in [-0.2, 0) is 11.3 Å². The first-order chi connectivity index (χ1) is 10.3. The van der Waals surface area contributed by atoms with Crippen LogP contribution in [0.15, 0.2) is 40.8 Å². The molecule has 0 atom stereocenters. The van der Waals surface area contributed by atoms with Gasteiger partial charge in [-0.3, -0.25) is 9.48 Å². The fourth-order valence-electron chi connectivity index (χ4n) is 1.80. The smallest absolute Gasteiger partial charge is 0.226 e. The molecule has 0 unspecified atom stereocenters. The van der Waals surface area contributed by atoms with Crippen LogP contribution in [-0.4, -0.2) is 25.7 Å². The predicted molar refractivity (Wildman–Crippen MR) is 77.7 cm³/mol. The van der Waals surface area contributed by atoms with Gasteiger partial charge in [0.15, 0.2) is 10.9 Å². The van der Waals surface area contributed by atoms with Crippen molar-refractivity contribution in [2.75, 3.05) is 5.32 Å². The van der Waals surface area contributed by atoms with Crippen molar-refractivity contribution in [1.82, 2.24) is 19.7 Å². The molecule has 3 rings (SSSR count). The number of aryl methyl sites for hydroxylation is 1. The number of aromatic nitrogens is 4. The Morgan fingerprint density at radius 3 is 3.19 bits per heavy atom. The number of carbonyl (C=O) groups is 1. The summed E-state index contributed by atoms with van der Waals surface area (Å²) in [7, 11) is 0. The lowest BCUT2D eigenvalue weighted by molar-refractivity contribution is -0.116. The number of nitrogens with zero attached hydrogens (tertiary/aromatic N) is 4. The molecule has 3 aromatic heterocycles. The van der Waals surface area contributed by atoms with Crippen molar-refractivity contribution < 1.29 is 9.21 Å². The van der Waals surface area contributed by atoms with Gasteiger partial charge in [-0.05, 0) is 18.6 Å². The average Bonchev–Trinajstić information content (AvgIpc) is 3.21. The third kappa shape index (κ3) is 3.54. The minimum Gasteiger partial charge on any atom is -0.463 e. The molecule has 0 saturated heterocycles. The lowest BCUT2D eigenvalue weighted by Gasteiger charge is -2.01. The fourth-order valence-corrected chi connectivity index (χ4v) is 2.52. The quantitative estimate of drug-likeness (QED) is 0.755. The van der Waals surface area contributed by atoms with E-state index < -0.39 is 0 Å². The molecule has 0 saturated carbocycles. The summed E-state index contributed by atoms with van der Waals surface area (Å²) in [6.45, 7) is 0.670. The van der Waals surface area contributed by atoms with Crippen LogP contribution in [0.5, 0.6) is 0 Å². The monoisotopic (exact) mass is 303 g/mol. The summed E-state index contributed by atoms with van der Waals surface area (Å²) in [5, 5.41) is 9.20. The summed E-state index contributed by atoms with van der Waals surface area (Å²) >= 11 is 1.38. The van der Waals surface area contributed by atoms with Gasteiger partial charge in [0, 0.05) is 18.3 Å². The highest BCUT2D eigenvalue weighted by Gasteiger charge is 2.09. The molecule has 0 fully saturated rings. The number of amides is 1. The van der Waals surface area contributed by atoms with E-state index in [9.17, 15) is 4.79 Å². The second-order valence-corrected chi connectivity index (χ2v) is 5.18. The molecule has 0 radical (unpaired) electrons. The van der Waals surface area contributed by atoms with Gasteiger partial charge in [0.2, 0.25) is 5.91 Å². The molecule has 3 heterocycles. The third-order valence-electron chi connectivity index (χ3n) is 2.78. The fraction of sp³-hybridized carbons (Fsp3) is 0.231. The van der Waals surface area contributed by atoms with E-state index in [1.807, 2.05) is 11.4 Å². The van der Waals surface area contributed by atoms with Crippen molar-refractivity contribution in [3.05, 3.63) is 36.4 Å². The molecular weight excluding hydrogens is 290 g/mol. The largest absolute Gasteiger partial charge is 0.463 e. The van der Waals surface area contributed by atoms with Crippen molar-refractivity contribution >= 4 is 22.4 Å². The van der Waals surface area contributed by atoms with E-state index in [1.54, 1.807) is 23.3 Å². The summed E-state index contributed by atoms with van der Waals surface area (Å²) in [5.41, 5.74) is 0.725. The molecule has 8 heteroatoms. The number of nitrogens with one attached hydrogen (secondary N) is 1. The Hall–Kier alpha value is -2.48. The van der Waals surface area contributed by atoms with Crippen molar-refractivity contribution in [3.8, 4) is 11.5 Å². The van der Waals surface area contributed by atoms with Crippen molar-refractivity contribution in [1.29, 1.82) is 0 Å². The van der Waals surface area contributed by atoms with E-state index >= 15 is 0 Å². The van der Waals surface area contributed by atoms with Crippen LogP contribution < -0.4 is 5.32 Å². The van der Waals surface area contributed by atoms with Crippen LogP contribution >= 0.6 is 11.3 Å². The highest BCUT2D eigenvalue weighted by atomic mass is 32.1. The van der Waals surface area contributed by atoms with Gasteiger partial charge in [-0.2, -0.15) is 5.10 Å². The van der Waals surface area contributed by atoms with Crippen molar-refractivity contribution in [2.24, 2.45) is 0 Å². The van der Waals surface area contributed by atoms with Gasteiger partial charge in [0.1, 0.15) is 18.3 Å². The van der Waals surface area contributed by atoms with E-state index in [-0.39, 0.29) is 5.91 Å². The topological polar surface area (TPSA) is 85.8 Å². The molecule has 0 aliphatic rings. The lowest BCUT2D eigenvalue weighted by Crippen LogP contribution is -2.12. The zero-order valence-corrected chi connectivity index (χ0v) is 11.9. The molecule has 7 nitrogen and oxygen atoms in total. The van der Waals surface area contributed by atoms with Crippen LogP contribution in [0.1, 0.15) is 12.8 Å². The Bertz CT molecular complexity index is 690. The second-order valence-electron chi connectivity index (χ2n) is 4.33. The van der Waals surface area contributed by atoms with Gasteiger partial charge in [0.25, 0.3) is 0 Å². The minimum absolute atomic E-state index is 0.0598. The maximum absolute atomic E-state index is 11.8. The lowest BCUT2D eigenvalue weighted by atomic mass is 10.3. The second kappa shape index (κ2) is 6.31. The van der Waals surface area contributed by atoms with E-state index in [4.69, 9.17) is 4.42 Å². The van der Waals surface area contributed by atoms with Crippen LogP contribution in [0, 0.1) is 0 Å². The maximum Gasteiger partial charge on any atom is 0.226 e. The molecule has 1 N–H and O–H groups in total. The Kier molecular flexibility index (Phi) is 4.06. The van der Waals surface area contributed by atoms with Crippen molar-refractivity contribution in [3.63, 3.8) is 0 Å². The summed E-state index contributed by atoms with van der Waals surface area (Å²) in [6, 6.07) is 3.63. The zero-order valence-electron chi connectivity index (χ0n) is 11.1. The number of carbonyl (C=O) groups excluding carboxylic acids is 1. The number of thiazole rings is 1. The van der Waals surface area contributed by atoms with Gasteiger partial charge in [-0.15, -0.1) is 11.3 Å². The summed E-state index contributed by atoms with van der Waals surface area (Å²) in [4.78, 5) is 20.0. The predicted octanol–water partition coefficient (Wildman–Crippen LogP) is 2.41. The standard InChI is InChI=1S/C13H13N5O2S/c19-12(4-1-5-18-9-14-8-15-18)17-13-16-10(7-21-13)11-3-2-6-20-11/h2-3,6-9H,1,4-5H2,(H,16,17,19). The molecular formula is C13H13N5O2S. The van der Waals surface area contributed by atoms with Gasteiger partial charge >= 0.3 is 0 Å². The van der Waals surface area contributed by atoms with Gasteiger partial charge in [-0.1, -0.05) is 0 Å². The normalized spacial score (nSPS) is 10.7. The maximum atomic E-state index is 11.8. The van der Waals surface area contributed by atoms with Gasteiger partial charge in [-0.25, -0.2) is 9.97 Å². The third-order valence-corrected chi connectivity index (χ3v) is 3.54. The van der Waals surface area contributed by atoms with E-state index in [2.05, 4.69) is 20.4 Å². The molecule has 21 heavy (non-hydrogen) atoms. The van der Waals surface area contributed by atoms with Crippen molar-refractivity contribution in [2.45, 2.75) is 19.4 Å². The molecule has 0 bridgehead atoms. The Morgan fingerprint density at radius 2 is 2.43 bits per heavy atom. The Balaban J connectivity index is 1.48. The average molecular weight is 303 g/mol. The minimum atomic E-state index is -0.0598. The number of anilines is 1. The molecule has 3 aromatic rings. The summed E-state index contributed by atoms with van der Waals surface area (Å²) in [6.07, 6.45) is 5.82. The van der Waals surface area contributed by atoms with E-state index in [0.717, 1.165) is 5.69 Å². The number of hydrogen-bond acceptors (Lipinski definition) is 6. The zero-order chi connectivity index (χ0) is 14.5. The summed E-state index contributed by atoms with van der Waals surface area (Å²) < 4.78 is 6.96. The first kappa shape index (κ1) is 13.5. The molecule has 1 amide bonds. The van der Waals surface area contributed by atoms with Crippen LogP contribution in [0.25, 0.3) is 11.5 Å². The van der Waals surface area contributed by atoms with Gasteiger partial charge in [0.05, 0.1) is 6.26 Å². The molecule has 0 aliphatic heterocycles. The van der Waals surface area contributed by atoms with Gasteiger partial charge < -0.3 is 9.73 Å². The summed E-state index contributed by atoms with van der Waals surface area (Å²) in [5.74, 6) is 0.633. The number of rotatable bonds is 6. The first-order valence-corrected chi connectivity index (χ1v) is 7.31. The SMILES string of the molecule is O=C(CCCn1cncn1)Nc1nc(-c2ccco2)cs1. The van der Waals surface area contributed by atoms with Crippen LogP contribution in [0.3, 0.4) is 0 Å². The molecule has 108 valence electrons. The molecule has 0 aliphatic carbocycles. The highest BCUT2D eigenvalue weighted by molar-refractivity contribution is 7.14. The highest BCUT2D eigenvalue weighted by Crippen LogP contribution is 2.25. The van der Waals surface area contributed by atoms with E-state index in [0.29, 0.717) is 30.3 Å². The molecule has 0 spiro atoms. The van der Waals surface area contributed by atoms with Crippen LogP contribution in [0.4, 0.5) is 5.13 Å².